The molecule has 0 bridgehead atoms. The van der Waals surface area contributed by atoms with Gasteiger partial charge in [-0.25, -0.2) is 4.79 Å². The van der Waals surface area contributed by atoms with E-state index in [0.717, 1.165) is 25.9 Å². The Hall–Kier alpha value is -0.810. The molecule has 2 saturated heterocycles. The largest absolute Gasteiger partial charge is 0.444 e. The number of nitrogens with zero attached hydrogens (tertiary/aromatic N) is 1. The number of hydrogen-bond acceptors (Lipinski definition) is 4. The van der Waals surface area contributed by atoms with E-state index in [2.05, 4.69) is 10.2 Å². The maximum absolute atomic E-state index is 11.7. The standard InChI is InChI=1S/C12H23N3O2/c1-12(2,3)17-11(16)14-9-4-5-15-7-8(13)6-10(9)15/h8-10H,4-7,13H2,1-3H3,(H,14,16). The topological polar surface area (TPSA) is 67.6 Å². The van der Waals surface area contributed by atoms with E-state index < -0.39 is 5.60 Å². The molecule has 3 atom stereocenters. The molecule has 2 aliphatic rings. The number of nitrogens with two attached hydrogens (primary N) is 1. The maximum atomic E-state index is 11.7. The third-order valence-electron chi connectivity index (χ3n) is 3.38. The van der Waals surface area contributed by atoms with Gasteiger partial charge in [0.1, 0.15) is 5.60 Å². The highest BCUT2D eigenvalue weighted by Gasteiger charge is 2.41. The second-order valence-electron chi connectivity index (χ2n) is 6.10. The Morgan fingerprint density at radius 1 is 1.47 bits per heavy atom. The van der Waals surface area contributed by atoms with Crippen LogP contribution in [0.3, 0.4) is 0 Å². The highest BCUT2D eigenvalue weighted by atomic mass is 16.6. The van der Waals surface area contributed by atoms with Crippen LogP contribution in [0.15, 0.2) is 0 Å². The van der Waals surface area contributed by atoms with E-state index >= 15 is 0 Å². The maximum Gasteiger partial charge on any atom is 0.407 e. The number of carbonyl (C=O) groups excluding carboxylic acids is 1. The van der Waals surface area contributed by atoms with Gasteiger partial charge in [0.2, 0.25) is 0 Å². The van der Waals surface area contributed by atoms with Crippen LogP contribution in [0, 0.1) is 0 Å². The van der Waals surface area contributed by atoms with Crippen molar-refractivity contribution in [3.8, 4) is 0 Å². The van der Waals surface area contributed by atoms with E-state index in [1.54, 1.807) is 0 Å². The zero-order chi connectivity index (χ0) is 12.6. The molecule has 2 aliphatic heterocycles. The minimum atomic E-state index is -0.436. The van der Waals surface area contributed by atoms with Gasteiger partial charge >= 0.3 is 6.09 Å². The summed E-state index contributed by atoms with van der Waals surface area (Å²) < 4.78 is 5.28. The smallest absolute Gasteiger partial charge is 0.407 e. The van der Waals surface area contributed by atoms with Crippen LogP contribution in [0.25, 0.3) is 0 Å². The Morgan fingerprint density at radius 3 is 2.82 bits per heavy atom. The average molecular weight is 241 g/mol. The summed E-state index contributed by atoms with van der Waals surface area (Å²) in [6.45, 7) is 7.60. The molecule has 2 fully saturated rings. The molecule has 5 nitrogen and oxygen atoms in total. The molecule has 0 spiro atoms. The molecule has 0 saturated carbocycles. The fourth-order valence-electron chi connectivity index (χ4n) is 2.77. The van der Waals surface area contributed by atoms with Crippen molar-refractivity contribution < 1.29 is 9.53 Å². The summed E-state index contributed by atoms with van der Waals surface area (Å²) in [7, 11) is 0. The van der Waals surface area contributed by atoms with Crippen molar-refractivity contribution >= 4 is 6.09 Å². The molecular weight excluding hydrogens is 218 g/mol. The zero-order valence-electron chi connectivity index (χ0n) is 10.9. The molecule has 0 aromatic carbocycles. The summed E-state index contributed by atoms with van der Waals surface area (Å²) in [4.78, 5) is 14.1. The molecular formula is C12H23N3O2. The van der Waals surface area contributed by atoms with Gasteiger partial charge < -0.3 is 15.8 Å². The number of rotatable bonds is 1. The Kier molecular flexibility index (Phi) is 3.32. The Morgan fingerprint density at radius 2 is 2.18 bits per heavy atom. The van der Waals surface area contributed by atoms with Crippen LogP contribution in [0.1, 0.15) is 33.6 Å². The van der Waals surface area contributed by atoms with Crippen LogP contribution in [0.4, 0.5) is 4.79 Å². The van der Waals surface area contributed by atoms with Crippen LogP contribution in [-0.2, 0) is 4.74 Å². The Balaban J connectivity index is 1.86. The fourth-order valence-corrected chi connectivity index (χ4v) is 2.77. The van der Waals surface area contributed by atoms with Crippen LogP contribution in [0.5, 0.6) is 0 Å². The predicted octanol–water partition coefficient (Wildman–Crippen LogP) is 0.685. The highest BCUT2D eigenvalue weighted by molar-refractivity contribution is 5.68. The van der Waals surface area contributed by atoms with Crippen molar-refractivity contribution in [1.82, 2.24) is 10.2 Å². The number of alkyl carbamates (subject to hydrolysis) is 1. The summed E-state index contributed by atoms with van der Waals surface area (Å²) in [6.07, 6.45) is 1.65. The minimum Gasteiger partial charge on any atom is -0.444 e. The average Bonchev–Trinajstić information content (AvgIpc) is 2.63. The first-order chi connectivity index (χ1) is 7.85. The van der Waals surface area contributed by atoms with Crippen LogP contribution in [-0.4, -0.2) is 47.8 Å². The lowest BCUT2D eigenvalue weighted by Crippen LogP contribution is -2.44. The lowest BCUT2D eigenvalue weighted by Gasteiger charge is -2.24. The number of carbonyl (C=O) groups is 1. The summed E-state index contributed by atoms with van der Waals surface area (Å²) in [6, 6.07) is 0.846. The number of nitrogens with one attached hydrogen (secondary N) is 1. The van der Waals surface area contributed by atoms with Gasteiger partial charge in [0.05, 0.1) is 0 Å². The van der Waals surface area contributed by atoms with Gasteiger partial charge in [0.25, 0.3) is 0 Å². The molecule has 1 amide bonds. The van der Waals surface area contributed by atoms with Gasteiger partial charge in [-0.3, -0.25) is 4.90 Å². The van der Waals surface area contributed by atoms with E-state index in [0.29, 0.717) is 6.04 Å². The number of fused-ring (bicyclic) bond motifs is 1. The molecule has 5 heteroatoms. The van der Waals surface area contributed by atoms with E-state index in [-0.39, 0.29) is 18.2 Å². The lowest BCUT2D eigenvalue weighted by molar-refractivity contribution is 0.0496. The van der Waals surface area contributed by atoms with Gasteiger partial charge in [0, 0.05) is 31.2 Å². The van der Waals surface area contributed by atoms with Crippen molar-refractivity contribution in [2.24, 2.45) is 5.73 Å². The number of hydrogen-bond donors (Lipinski definition) is 2. The SMILES string of the molecule is CC(C)(C)OC(=O)NC1CCN2CC(N)CC12. The lowest BCUT2D eigenvalue weighted by atomic mass is 10.1. The molecule has 0 aromatic heterocycles. The van der Waals surface area contributed by atoms with Gasteiger partial charge in [-0.15, -0.1) is 0 Å². The molecule has 17 heavy (non-hydrogen) atoms. The highest BCUT2D eigenvalue weighted by Crippen LogP contribution is 2.27. The number of amides is 1. The predicted molar refractivity (Wildman–Crippen MR) is 65.7 cm³/mol. The van der Waals surface area contributed by atoms with Gasteiger partial charge in [0.15, 0.2) is 0 Å². The van der Waals surface area contributed by atoms with Gasteiger partial charge in [-0.1, -0.05) is 0 Å². The fraction of sp³-hybridized carbons (Fsp3) is 0.917. The third kappa shape index (κ3) is 3.10. The summed E-state index contributed by atoms with van der Waals surface area (Å²) in [5, 5.41) is 2.97. The quantitative estimate of drug-likeness (QED) is 0.708. The Bertz CT molecular complexity index is 301. The first-order valence-corrected chi connectivity index (χ1v) is 6.34. The Labute approximate surface area is 103 Å². The molecule has 3 N–H and O–H groups in total. The molecule has 2 rings (SSSR count). The molecule has 0 radical (unpaired) electrons. The van der Waals surface area contributed by atoms with Crippen molar-refractivity contribution in [1.29, 1.82) is 0 Å². The molecule has 0 aliphatic carbocycles. The van der Waals surface area contributed by atoms with Crippen molar-refractivity contribution in [3.63, 3.8) is 0 Å². The van der Waals surface area contributed by atoms with Crippen molar-refractivity contribution in [2.75, 3.05) is 13.1 Å². The monoisotopic (exact) mass is 241 g/mol. The van der Waals surface area contributed by atoms with Crippen LogP contribution >= 0.6 is 0 Å². The van der Waals surface area contributed by atoms with Crippen LogP contribution < -0.4 is 11.1 Å². The van der Waals surface area contributed by atoms with E-state index in [1.165, 1.54) is 0 Å². The van der Waals surface area contributed by atoms with Gasteiger partial charge in [-0.2, -0.15) is 0 Å². The second-order valence-corrected chi connectivity index (χ2v) is 6.10. The van der Waals surface area contributed by atoms with E-state index in [1.807, 2.05) is 20.8 Å². The summed E-state index contributed by atoms with van der Waals surface area (Å²) in [5.74, 6) is 0. The van der Waals surface area contributed by atoms with E-state index in [4.69, 9.17) is 10.5 Å². The molecule has 98 valence electrons. The second kappa shape index (κ2) is 4.46. The minimum absolute atomic E-state index is 0.193. The molecule has 2 heterocycles. The molecule has 0 aromatic rings. The normalized spacial score (nSPS) is 33.5. The third-order valence-corrected chi connectivity index (χ3v) is 3.38. The van der Waals surface area contributed by atoms with Crippen molar-refractivity contribution in [2.45, 2.75) is 57.3 Å². The first-order valence-electron chi connectivity index (χ1n) is 6.34. The summed E-state index contributed by atoms with van der Waals surface area (Å²) >= 11 is 0. The van der Waals surface area contributed by atoms with Gasteiger partial charge in [-0.05, 0) is 33.6 Å². The van der Waals surface area contributed by atoms with E-state index in [9.17, 15) is 4.79 Å². The zero-order valence-corrected chi connectivity index (χ0v) is 10.9. The van der Waals surface area contributed by atoms with Crippen LogP contribution in [0.2, 0.25) is 0 Å². The molecule has 3 unspecified atom stereocenters. The summed E-state index contributed by atoms with van der Waals surface area (Å²) in [5.41, 5.74) is 5.50. The first kappa shape index (κ1) is 12.6. The number of ether oxygens (including phenoxy) is 1. The van der Waals surface area contributed by atoms with Crippen molar-refractivity contribution in [3.05, 3.63) is 0 Å².